The van der Waals surface area contributed by atoms with Gasteiger partial charge in [0.2, 0.25) is 0 Å². The lowest BCUT2D eigenvalue weighted by atomic mass is 9.69. The van der Waals surface area contributed by atoms with Crippen molar-refractivity contribution in [1.82, 2.24) is 14.9 Å². The van der Waals surface area contributed by atoms with Crippen LogP contribution in [0.2, 0.25) is 0 Å². The number of hydrogen-bond acceptors (Lipinski definition) is 9. The molecule has 0 saturated carbocycles. The maximum Gasteiger partial charge on any atom is 0.318 e. The van der Waals surface area contributed by atoms with Crippen LogP contribution in [0.5, 0.6) is 6.01 Å². The Morgan fingerprint density at radius 3 is 2.90 bits per heavy atom. The standard InChI is InChI=1S/C31H39FN6O3/c1-3-30(39)16-37(17-30)27-23-15-41-31(9-7-19(2)21-5-6-24(34)22(13-33)26(21)31)12-25(23)35-28(36-27)40-18-29-8-4-10-38(29)14-20(32)11-29/h5-6,19-20,39H,3-4,7-12,14-18,34H2,1-2H3/t19-,20+,29?,31-/m0/s1. The van der Waals surface area contributed by atoms with Crippen LogP contribution in [0.15, 0.2) is 12.1 Å². The molecule has 3 fully saturated rings. The SMILES string of the molecule is CCC1(O)CN(c2nc(OCC34CCCN3C[C@H](F)C4)nc3c2CO[C@@]2(CC[C@H](C)c4ccc(N)c(C#N)c42)C3)C1. The molecule has 1 aromatic carbocycles. The van der Waals surface area contributed by atoms with Crippen molar-refractivity contribution < 1.29 is 19.0 Å². The zero-order chi connectivity index (χ0) is 28.6. The Morgan fingerprint density at radius 1 is 1.29 bits per heavy atom. The number of fused-ring (bicyclic) bond motifs is 4. The van der Waals surface area contributed by atoms with E-state index in [4.69, 9.17) is 25.2 Å². The smallest absolute Gasteiger partial charge is 0.318 e. The van der Waals surface area contributed by atoms with Gasteiger partial charge < -0.3 is 25.2 Å². The summed E-state index contributed by atoms with van der Waals surface area (Å²) in [5.41, 5.74) is 9.22. The minimum Gasteiger partial charge on any atom is -0.461 e. The average Bonchev–Trinajstić information content (AvgIpc) is 3.47. The molecule has 0 amide bonds. The van der Waals surface area contributed by atoms with E-state index >= 15 is 0 Å². The maximum absolute atomic E-state index is 14.4. The third-order valence-corrected chi connectivity index (χ3v) is 10.5. The van der Waals surface area contributed by atoms with Gasteiger partial charge in [-0.3, -0.25) is 4.90 Å². The minimum atomic E-state index is -0.834. The van der Waals surface area contributed by atoms with Gasteiger partial charge >= 0.3 is 6.01 Å². The second-order valence-corrected chi connectivity index (χ2v) is 13.1. The highest BCUT2D eigenvalue weighted by Crippen LogP contribution is 2.51. The molecule has 1 spiro atoms. The number of nitrogen functional groups attached to an aromatic ring is 1. The monoisotopic (exact) mass is 562 g/mol. The van der Waals surface area contributed by atoms with Gasteiger partial charge in [0.1, 0.15) is 30.3 Å². The molecule has 4 atom stereocenters. The molecule has 4 aliphatic heterocycles. The van der Waals surface area contributed by atoms with E-state index < -0.39 is 17.4 Å². The van der Waals surface area contributed by atoms with Crippen molar-refractivity contribution in [3.05, 3.63) is 40.1 Å². The van der Waals surface area contributed by atoms with Crippen LogP contribution < -0.4 is 15.4 Å². The molecular weight excluding hydrogens is 523 g/mol. The van der Waals surface area contributed by atoms with Gasteiger partial charge in [0.05, 0.1) is 29.0 Å². The molecule has 3 N–H and O–H groups in total. The van der Waals surface area contributed by atoms with Crippen LogP contribution in [0.3, 0.4) is 0 Å². The van der Waals surface area contributed by atoms with Crippen molar-refractivity contribution in [2.45, 2.75) is 94.2 Å². The Hall–Kier alpha value is -3.00. The number of rotatable bonds is 5. The summed E-state index contributed by atoms with van der Waals surface area (Å²) in [6, 6.07) is 6.50. The number of nitrogens with zero attached hydrogens (tertiary/aromatic N) is 5. The maximum atomic E-state index is 14.4. The number of hydrogen-bond donors (Lipinski definition) is 2. The second kappa shape index (κ2) is 9.51. The van der Waals surface area contributed by atoms with Gasteiger partial charge in [-0.05, 0) is 56.2 Å². The van der Waals surface area contributed by atoms with Crippen molar-refractivity contribution >= 4 is 11.5 Å². The van der Waals surface area contributed by atoms with Crippen molar-refractivity contribution in [1.29, 1.82) is 5.26 Å². The van der Waals surface area contributed by atoms with Crippen molar-refractivity contribution in [2.24, 2.45) is 0 Å². The Kier molecular flexibility index (Phi) is 6.23. The lowest BCUT2D eigenvalue weighted by Crippen LogP contribution is -2.62. The number of anilines is 2. The summed E-state index contributed by atoms with van der Waals surface area (Å²) < 4.78 is 27.5. The number of alkyl halides is 1. The lowest BCUT2D eigenvalue weighted by Gasteiger charge is -2.49. The first-order valence-electron chi connectivity index (χ1n) is 15.0. The van der Waals surface area contributed by atoms with E-state index in [9.17, 15) is 14.8 Å². The van der Waals surface area contributed by atoms with Crippen LogP contribution >= 0.6 is 0 Å². The quantitative estimate of drug-likeness (QED) is 0.526. The van der Waals surface area contributed by atoms with Gasteiger partial charge in [0.25, 0.3) is 0 Å². The van der Waals surface area contributed by atoms with Crippen molar-refractivity contribution in [3.63, 3.8) is 0 Å². The Bertz CT molecular complexity index is 1420. The molecule has 0 radical (unpaired) electrons. The molecule has 10 heteroatoms. The van der Waals surface area contributed by atoms with Crippen LogP contribution in [0.25, 0.3) is 0 Å². The Balaban J connectivity index is 1.26. The van der Waals surface area contributed by atoms with Crippen LogP contribution in [-0.4, -0.2) is 70.1 Å². The number of nitrogens with two attached hydrogens (primary N) is 1. The van der Waals surface area contributed by atoms with E-state index in [0.717, 1.165) is 60.4 Å². The number of β-amino-alcohol motifs (C(OH)–C–C–N with tert-alkyl or cyclic N) is 1. The van der Waals surface area contributed by atoms with E-state index in [1.165, 1.54) is 0 Å². The first kappa shape index (κ1) is 26.9. The first-order valence-corrected chi connectivity index (χ1v) is 15.0. The molecule has 3 saturated heterocycles. The number of nitriles is 1. The summed E-state index contributed by atoms with van der Waals surface area (Å²) in [5.74, 6) is 1.02. The summed E-state index contributed by atoms with van der Waals surface area (Å²) in [7, 11) is 0. The number of ether oxygens (including phenoxy) is 2. The predicted octanol–water partition coefficient (Wildman–Crippen LogP) is 3.71. The van der Waals surface area contributed by atoms with E-state index in [-0.39, 0.29) is 11.5 Å². The molecule has 7 rings (SSSR count). The zero-order valence-electron chi connectivity index (χ0n) is 24.0. The number of benzene rings is 1. The topological polar surface area (TPSA) is 121 Å². The molecule has 1 unspecified atom stereocenters. The molecule has 218 valence electrons. The number of aliphatic hydroxyl groups is 1. The summed E-state index contributed by atoms with van der Waals surface area (Å²) >= 11 is 0. The highest BCUT2D eigenvalue weighted by Gasteiger charge is 2.50. The van der Waals surface area contributed by atoms with E-state index in [0.29, 0.717) is 69.3 Å². The predicted molar refractivity (Wildman–Crippen MR) is 151 cm³/mol. The highest BCUT2D eigenvalue weighted by molar-refractivity contribution is 5.64. The highest BCUT2D eigenvalue weighted by atomic mass is 19.1. The molecule has 1 aromatic heterocycles. The summed E-state index contributed by atoms with van der Waals surface area (Å²) in [6.07, 6.45) is 4.41. The van der Waals surface area contributed by atoms with Gasteiger partial charge in [0.15, 0.2) is 0 Å². The van der Waals surface area contributed by atoms with Crippen LogP contribution in [0.1, 0.15) is 86.2 Å². The molecule has 5 aliphatic rings. The molecule has 9 nitrogen and oxygen atoms in total. The number of halogens is 1. The Labute approximate surface area is 240 Å². The fraction of sp³-hybridized carbons (Fsp3) is 0.645. The zero-order valence-corrected chi connectivity index (χ0v) is 24.0. The molecule has 1 aliphatic carbocycles. The summed E-state index contributed by atoms with van der Waals surface area (Å²) in [4.78, 5) is 14.1. The summed E-state index contributed by atoms with van der Waals surface area (Å²) in [6.45, 7) is 7.13. The van der Waals surface area contributed by atoms with Crippen LogP contribution in [0.4, 0.5) is 15.9 Å². The third-order valence-electron chi connectivity index (χ3n) is 10.5. The molecule has 41 heavy (non-hydrogen) atoms. The average molecular weight is 563 g/mol. The fourth-order valence-corrected chi connectivity index (χ4v) is 8.04. The molecule has 0 bridgehead atoms. The second-order valence-electron chi connectivity index (χ2n) is 13.1. The van der Waals surface area contributed by atoms with Gasteiger partial charge in [-0.2, -0.15) is 15.2 Å². The van der Waals surface area contributed by atoms with Crippen molar-refractivity contribution in [3.8, 4) is 12.1 Å². The van der Waals surface area contributed by atoms with Crippen LogP contribution in [0, 0.1) is 11.3 Å². The molecular formula is C31H39FN6O3. The van der Waals surface area contributed by atoms with E-state index in [1.807, 2.05) is 19.1 Å². The van der Waals surface area contributed by atoms with Gasteiger partial charge in [-0.15, -0.1) is 0 Å². The van der Waals surface area contributed by atoms with E-state index in [2.05, 4.69) is 22.8 Å². The largest absolute Gasteiger partial charge is 0.461 e. The first-order chi connectivity index (χ1) is 19.7. The van der Waals surface area contributed by atoms with E-state index in [1.54, 1.807) is 0 Å². The lowest BCUT2D eigenvalue weighted by molar-refractivity contribution is -0.0876. The van der Waals surface area contributed by atoms with Gasteiger partial charge in [-0.25, -0.2) is 4.39 Å². The van der Waals surface area contributed by atoms with Gasteiger partial charge in [0, 0.05) is 49.3 Å². The molecule has 5 heterocycles. The normalized spacial score (nSPS) is 31.7. The third kappa shape index (κ3) is 4.19. The summed E-state index contributed by atoms with van der Waals surface area (Å²) in [5, 5.41) is 20.9. The minimum absolute atomic E-state index is 0.281. The number of aromatic nitrogens is 2. The molecule has 2 aromatic rings. The van der Waals surface area contributed by atoms with Gasteiger partial charge in [-0.1, -0.05) is 19.9 Å². The van der Waals surface area contributed by atoms with Crippen molar-refractivity contribution in [2.75, 3.05) is 43.4 Å². The van der Waals surface area contributed by atoms with Crippen LogP contribution in [-0.2, 0) is 23.4 Å². The Morgan fingerprint density at radius 2 is 2.12 bits per heavy atom. The fourth-order valence-electron chi connectivity index (χ4n) is 8.04.